The lowest BCUT2D eigenvalue weighted by Gasteiger charge is -2.05. The number of nitrogens with zero attached hydrogens (tertiary/aromatic N) is 2. The molecule has 0 aliphatic rings. The number of carboxylic acids is 2. The summed E-state index contributed by atoms with van der Waals surface area (Å²) < 4.78 is 0. The lowest BCUT2D eigenvalue weighted by molar-refractivity contribution is 0.0686. The maximum Gasteiger partial charge on any atom is 0.335 e. The van der Waals surface area contributed by atoms with Crippen LogP contribution in [0.5, 0.6) is 0 Å². The molecule has 0 atom stereocenters. The smallest absolute Gasteiger partial charge is 0.335 e. The van der Waals surface area contributed by atoms with Crippen molar-refractivity contribution in [3.05, 3.63) is 71.9 Å². The van der Waals surface area contributed by atoms with Crippen LogP contribution in [0.4, 0.5) is 0 Å². The second kappa shape index (κ2) is 6.29. The number of carboxylic acid groups (broad SMARTS) is 2. The number of benzene rings is 2. The summed E-state index contributed by atoms with van der Waals surface area (Å²) >= 11 is 0. The Labute approximate surface area is 137 Å². The van der Waals surface area contributed by atoms with E-state index in [-0.39, 0.29) is 11.1 Å². The minimum atomic E-state index is -0.991. The molecule has 0 radical (unpaired) electrons. The van der Waals surface area contributed by atoms with Gasteiger partial charge in [0.1, 0.15) is 0 Å². The molecule has 0 saturated carbocycles. The summed E-state index contributed by atoms with van der Waals surface area (Å²) in [6.45, 7) is 0. The molecule has 6 heteroatoms. The summed E-state index contributed by atoms with van der Waals surface area (Å²) in [4.78, 5) is 30.4. The van der Waals surface area contributed by atoms with Crippen LogP contribution >= 0.6 is 0 Å². The van der Waals surface area contributed by atoms with E-state index in [2.05, 4.69) is 9.97 Å². The Morgan fingerprint density at radius 2 is 1.21 bits per heavy atom. The van der Waals surface area contributed by atoms with E-state index < -0.39 is 11.9 Å². The number of hydrogen-bond donors (Lipinski definition) is 2. The third-order valence-corrected chi connectivity index (χ3v) is 3.47. The fraction of sp³-hybridized carbons (Fsp3) is 0. The number of rotatable bonds is 4. The average Bonchev–Trinajstić information content (AvgIpc) is 2.62. The number of aromatic nitrogens is 2. The first-order chi connectivity index (χ1) is 11.5. The molecule has 3 aromatic rings. The van der Waals surface area contributed by atoms with E-state index in [1.165, 1.54) is 24.3 Å². The summed E-state index contributed by atoms with van der Waals surface area (Å²) in [5.74, 6) is -1.51. The zero-order valence-corrected chi connectivity index (χ0v) is 12.4. The Bertz CT molecular complexity index is 830. The molecule has 0 amide bonds. The third kappa shape index (κ3) is 3.12. The van der Waals surface area contributed by atoms with Crippen LogP contribution in [0.15, 0.2) is 60.8 Å². The van der Waals surface area contributed by atoms with E-state index in [1.54, 1.807) is 36.5 Å². The molecule has 2 aromatic carbocycles. The normalized spacial score (nSPS) is 10.3. The number of carbonyl (C=O) groups is 2. The maximum absolute atomic E-state index is 10.9. The van der Waals surface area contributed by atoms with Gasteiger partial charge in [-0.05, 0) is 30.3 Å². The predicted octanol–water partition coefficient (Wildman–Crippen LogP) is 3.21. The standard InChI is InChI=1S/C18H12N2O4/c21-17(22)13-5-1-11(2-6-13)15-9-10-19-16(20-15)12-3-7-14(8-4-12)18(23)24/h1-10H,(H,21,22)(H,23,24). The summed E-state index contributed by atoms with van der Waals surface area (Å²) in [6.07, 6.45) is 1.61. The van der Waals surface area contributed by atoms with Crippen LogP contribution in [0.2, 0.25) is 0 Å². The van der Waals surface area contributed by atoms with Gasteiger partial charge in [0, 0.05) is 17.3 Å². The molecule has 0 aliphatic carbocycles. The van der Waals surface area contributed by atoms with E-state index in [4.69, 9.17) is 10.2 Å². The molecular formula is C18H12N2O4. The van der Waals surface area contributed by atoms with Gasteiger partial charge in [0.25, 0.3) is 0 Å². The van der Waals surface area contributed by atoms with E-state index in [0.717, 1.165) is 5.56 Å². The predicted molar refractivity (Wildman–Crippen MR) is 86.8 cm³/mol. The van der Waals surface area contributed by atoms with Crippen LogP contribution in [0.1, 0.15) is 20.7 Å². The Kier molecular flexibility index (Phi) is 4.03. The fourth-order valence-corrected chi connectivity index (χ4v) is 2.20. The molecule has 0 aliphatic heterocycles. The van der Waals surface area contributed by atoms with Crippen molar-refractivity contribution < 1.29 is 19.8 Å². The van der Waals surface area contributed by atoms with Gasteiger partial charge in [0.15, 0.2) is 5.82 Å². The molecular weight excluding hydrogens is 308 g/mol. The van der Waals surface area contributed by atoms with E-state index >= 15 is 0 Å². The second-order valence-corrected chi connectivity index (χ2v) is 5.03. The largest absolute Gasteiger partial charge is 0.478 e. The Morgan fingerprint density at radius 1 is 0.708 bits per heavy atom. The Morgan fingerprint density at radius 3 is 1.71 bits per heavy atom. The van der Waals surface area contributed by atoms with Crippen molar-refractivity contribution in [2.75, 3.05) is 0 Å². The van der Waals surface area contributed by atoms with E-state index in [0.29, 0.717) is 17.1 Å². The summed E-state index contributed by atoms with van der Waals surface area (Å²) in [6, 6.07) is 14.4. The average molecular weight is 320 g/mol. The van der Waals surface area contributed by atoms with Crippen molar-refractivity contribution in [1.29, 1.82) is 0 Å². The molecule has 0 fully saturated rings. The minimum Gasteiger partial charge on any atom is -0.478 e. The van der Waals surface area contributed by atoms with Gasteiger partial charge in [-0.2, -0.15) is 0 Å². The Hall–Kier alpha value is -3.54. The van der Waals surface area contributed by atoms with Gasteiger partial charge in [-0.1, -0.05) is 24.3 Å². The lowest BCUT2D eigenvalue weighted by atomic mass is 10.1. The molecule has 6 nitrogen and oxygen atoms in total. The second-order valence-electron chi connectivity index (χ2n) is 5.03. The van der Waals surface area contributed by atoms with Crippen LogP contribution in [-0.2, 0) is 0 Å². The zero-order chi connectivity index (χ0) is 17.1. The quantitative estimate of drug-likeness (QED) is 0.765. The van der Waals surface area contributed by atoms with Gasteiger partial charge in [-0.25, -0.2) is 19.6 Å². The van der Waals surface area contributed by atoms with Gasteiger partial charge in [0.05, 0.1) is 16.8 Å². The van der Waals surface area contributed by atoms with Gasteiger partial charge in [-0.15, -0.1) is 0 Å². The van der Waals surface area contributed by atoms with Crippen LogP contribution in [0, 0.1) is 0 Å². The van der Waals surface area contributed by atoms with Crippen molar-refractivity contribution in [2.24, 2.45) is 0 Å². The highest BCUT2D eigenvalue weighted by Gasteiger charge is 2.08. The van der Waals surface area contributed by atoms with Crippen molar-refractivity contribution >= 4 is 11.9 Å². The van der Waals surface area contributed by atoms with Crippen LogP contribution in [-0.4, -0.2) is 32.1 Å². The van der Waals surface area contributed by atoms with Crippen molar-refractivity contribution in [2.45, 2.75) is 0 Å². The van der Waals surface area contributed by atoms with E-state index in [9.17, 15) is 9.59 Å². The van der Waals surface area contributed by atoms with Gasteiger partial charge in [-0.3, -0.25) is 0 Å². The highest BCUT2D eigenvalue weighted by molar-refractivity contribution is 5.88. The summed E-state index contributed by atoms with van der Waals surface area (Å²) in [5.41, 5.74) is 2.52. The molecule has 0 spiro atoms. The third-order valence-electron chi connectivity index (χ3n) is 3.47. The van der Waals surface area contributed by atoms with Crippen molar-refractivity contribution in [3.8, 4) is 22.6 Å². The van der Waals surface area contributed by atoms with Crippen LogP contribution in [0.3, 0.4) is 0 Å². The van der Waals surface area contributed by atoms with Crippen molar-refractivity contribution in [3.63, 3.8) is 0 Å². The van der Waals surface area contributed by atoms with Gasteiger partial charge in [0.2, 0.25) is 0 Å². The first-order valence-corrected chi connectivity index (χ1v) is 7.05. The molecule has 1 heterocycles. The first-order valence-electron chi connectivity index (χ1n) is 7.05. The first kappa shape index (κ1) is 15.4. The van der Waals surface area contributed by atoms with Crippen LogP contribution < -0.4 is 0 Å². The van der Waals surface area contributed by atoms with Crippen LogP contribution in [0.25, 0.3) is 22.6 Å². The molecule has 0 bridgehead atoms. The topological polar surface area (TPSA) is 100 Å². The monoisotopic (exact) mass is 320 g/mol. The minimum absolute atomic E-state index is 0.194. The molecule has 1 aromatic heterocycles. The lowest BCUT2D eigenvalue weighted by Crippen LogP contribution is -1.97. The van der Waals surface area contributed by atoms with Gasteiger partial charge < -0.3 is 10.2 Å². The SMILES string of the molecule is O=C(O)c1ccc(-c2ccnc(-c3ccc(C(=O)O)cc3)n2)cc1. The molecule has 0 saturated heterocycles. The van der Waals surface area contributed by atoms with E-state index in [1.807, 2.05) is 0 Å². The maximum atomic E-state index is 10.9. The molecule has 118 valence electrons. The van der Waals surface area contributed by atoms with Crippen molar-refractivity contribution in [1.82, 2.24) is 9.97 Å². The fourth-order valence-electron chi connectivity index (χ4n) is 2.20. The highest BCUT2D eigenvalue weighted by atomic mass is 16.4. The summed E-state index contributed by atoms with van der Waals surface area (Å²) in [5, 5.41) is 17.9. The highest BCUT2D eigenvalue weighted by Crippen LogP contribution is 2.21. The number of aromatic carboxylic acids is 2. The zero-order valence-electron chi connectivity index (χ0n) is 12.4. The Balaban J connectivity index is 1.94. The summed E-state index contributed by atoms with van der Waals surface area (Å²) in [7, 11) is 0. The van der Waals surface area contributed by atoms with Gasteiger partial charge >= 0.3 is 11.9 Å². The molecule has 2 N–H and O–H groups in total. The molecule has 3 rings (SSSR count). The molecule has 0 unspecified atom stereocenters. The number of hydrogen-bond acceptors (Lipinski definition) is 4. The molecule has 24 heavy (non-hydrogen) atoms.